The molecule has 1 heterocycles. The van der Waals surface area contributed by atoms with Crippen molar-refractivity contribution < 1.29 is 14.3 Å². The molecule has 2 N–H and O–H groups in total. The minimum absolute atomic E-state index is 0.0456. The number of nitrogens with zero attached hydrogens (tertiary/aromatic N) is 1. The lowest BCUT2D eigenvalue weighted by Crippen LogP contribution is -2.30. The van der Waals surface area contributed by atoms with E-state index in [-0.39, 0.29) is 12.1 Å². The van der Waals surface area contributed by atoms with Crippen LogP contribution in [0.25, 0.3) is 10.9 Å². The van der Waals surface area contributed by atoms with Crippen LogP contribution < -0.4 is 11.2 Å². The highest BCUT2D eigenvalue weighted by atomic mass is 19.1. The average Bonchev–Trinajstić information content (AvgIpc) is 2.52. The van der Waals surface area contributed by atoms with Gasteiger partial charge in [0.2, 0.25) is 0 Å². The zero-order chi connectivity index (χ0) is 16.6. The molecule has 116 valence electrons. The number of carbonyl (C=O) groups is 1. The number of carboxylic acid groups (broad SMARTS) is 1. The predicted molar refractivity (Wildman–Crippen MR) is 81.3 cm³/mol. The summed E-state index contributed by atoms with van der Waals surface area (Å²) in [5.41, 5.74) is -1.29. The van der Waals surface area contributed by atoms with Crippen LogP contribution >= 0.6 is 0 Å². The molecule has 3 rings (SSSR count). The van der Waals surface area contributed by atoms with Gasteiger partial charge >= 0.3 is 11.7 Å². The number of para-hydroxylation sites is 1. The van der Waals surface area contributed by atoms with Gasteiger partial charge in [0.15, 0.2) is 0 Å². The van der Waals surface area contributed by atoms with E-state index >= 15 is 0 Å². The van der Waals surface area contributed by atoms with Gasteiger partial charge in [-0.05, 0) is 18.2 Å². The molecule has 0 radical (unpaired) electrons. The third kappa shape index (κ3) is 2.52. The summed E-state index contributed by atoms with van der Waals surface area (Å²) in [5.74, 6) is -2.29. The molecular weight excluding hydrogens is 303 g/mol. The Morgan fingerprint density at radius 2 is 1.87 bits per heavy atom. The highest BCUT2D eigenvalue weighted by Gasteiger charge is 2.15. The Morgan fingerprint density at radius 3 is 2.61 bits per heavy atom. The fraction of sp³-hybridized carbons (Fsp3) is 0.0625. The number of benzene rings is 2. The number of carboxylic acids is 1. The topological polar surface area (TPSA) is 92.2 Å². The second-order valence-electron chi connectivity index (χ2n) is 4.95. The number of hydrogen-bond acceptors (Lipinski definition) is 3. The molecule has 0 atom stereocenters. The normalized spacial score (nSPS) is 10.8. The van der Waals surface area contributed by atoms with E-state index in [0.717, 1.165) is 6.07 Å². The van der Waals surface area contributed by atoms with Crippen molar-refractivity contribution in [3.05, 3.63) is 80.2 Å². The van der Waals surface area contributed by atoms with Crippen LogP contribution in [0.1, 0.15) is 15.9 Å². The molecule has 0 unspecified atom stereocenters. The van der Waals surface area contributed by atoms with E-state index in [1.807, 2.05) is 0 Å². The van der Waals surface area contributed by atoms with Crippen molar-refractivity contribution >= 4 is 16.9 Å². The smallest absolute Gasteiger partial charge is 0.338 e. The molecule has 1 aromatic heterocycles. The van der Waals surface area contributed by atoms with Crippen molar-refractivity contribution in [1.82, 2.24) is 9.55 Å². The summed E-state index contributed by atoms with van der Waals surface area (Å²) in [4.78, 5) is 37.0. The van der Waals surface area contributed by atoms with E-state index in [9.17, 15) is 18.8 Å². The van der Waals surface area contributed by atoms with Gasteiger partial charge in [0.25, 0.3) is 5.56 Å². The zero-order valence-corrected chi connectivity index (χ0v) is 11.7. The maximum atomic E-state index is 14.3. The van der Waals surface area contributed by atoms with Crippen molar-refractivity contribution in [3.63, 3.8) is 0 Å². The van der Waals surface area contributed by atoms with Gasteiger partial charge in [-0.2, -0.15) is 0 Å². The van der Waals surface area contributed by atoms with Gasteiger partial charge in [0, 0.05) is 5.56 Å². The minimum atomic E-state index is -1.39. The highest BCUT2D eigenvalue weighted by Crippen LogP contribution is 2.16. The minimum Gasteiger partial charge on any atom is -0.478 e. The number of aromatic amines is 1. The number of fused-ring (bicyclic) bond motifs is 1. The van der Waals surface area contributed by atoms with E-state index < -0.39 is 28.6 Å². The second kappa shape index (κ2) is 5.53. The lowest BCUT2D eigenvalue weighted by Gasteiger charge is -2.11. The van der Waals surface area contributed by atoms with Gasteiger partial charge in [-0.3, -0.25) is 14.3 Å². The predicted octanol–water partition coefficient (Wildman–Crippen LogP) is 1.58. The molecule has 0 spiro atoms. The SMILES string of the molecule is O=C(O)c1cccc(Cn2c(=O)[nH]c(=O)c3ccccc32)c1F. The third-order valence-corrected chi connectivity index (χ3v) is 3.54. The monoisotopic (exact) mass is 314 g/mol. The van der Waals surface area contributed by atoms with Crippen LogP contribution in [0.15, 0.2) is 52.1 Å². The van der Waals surface area contributed by atoms with Gasteiger partial charge in [-0.1, -0.05) is 24.3 Å². The first-order valence-electron chi connectivity index (χ1n) is 6.71. The molecule has 0 saturated carbocycles. The molecule has 0 bridgehead atoms. The standard InChI is InChI=1S/C16H11FN2O4/c17-13-9(4-3-6-11(13)15(21)22)8-19-12-7-2-1-5-10(12)14(20)18-16(19)23/h1-7H,8H2,(H,21,22)(H,18,20,23). The Morgan fingerprint density at radius 1 is 1.13 bits per heavy atom. The number of aromatic carboxylic acids is 1. The Balaban J connectivity index is 2.21. The van der Waals surface area contributed by atoms with Crippen LogP contribution in [0, 0.1) is 5.82 Å². The molecule has 0 aliphatic heterocycles. The van der Waals surface area contributed by atoms with Crippen LogP contribution in [0.2, 0.25) is 0 Å². The number of nitrogens with one attached hydrogen (secondary N) is 1. The number of halogens is 1. The molecule has 23 heavy (non-hydrogen) atoms. The first-order chi connectivity index (χ1) is 11.0. The Kier molecular flexibility index (Phi) is 3.53. The summed E-state index contributed by atoms with van der Waals surface area (Å²) in [5, 5.41) is 9.26. The van der Waals surface area contributed by atoms with Crippen molar-refractivity contribution in [3.8, 4) is 0 Å². The number of H-pyrrole nitrogens is 1. The molecule has 6 nitrogen and oxygen atoms in total. The maximum Gasteiger partial charge on any atom is 0.338 e. The molecule has 0 aliphatic carbocycles. The van der Waals surface area contributed by atoms with Gasteiger partial charge in [0.1, 0.15) is 5.82 Å². The summed E-state index contributed by atoms with van der Waals surface area (Å²) in [7, 11) is 0. The largest absolute Gasteiger partial charge is 0.478 e. The molecule has 0 amide bonds. The van der Waals surface area contributed by atoms with Crippen LogP contribution in [0.5, 0.6) is 0 Å². The number of rotatable bonds is 3. The summed E-state index contributed by atoms with van der Waals surface area (Å²) in [6.07, 6.45) is 0. The quantitative estimate of drug-likeness (QED) is 0.767. The molecule has 2 aromatic carbocycles. The third-order valence-electron chi connectivity index (χ3n) is 3.54. The molecular formula is C16H11FN2O4. The van der Waals surface area contributed by atoms with Gasteiger partial charge in [-0.25, -0.2) is 14.0 Å². The summed E-state index contributed by atoms with van der Waals surface area (Å²) >= 11 is 0. The van der Waals surface area contributed by atoms with Crippen molar-refractivity contribution in [2.45, 2.75) is 6.54 Å². The fourth-order valence-electron chi connectivity index (χ4n) is 2.44. The lowest BCUT2D eigenvalue weighted by molar-refractivity contribution is 0.0691. The van der Waals surface area contributed by atoms with E-state index in [1.165, 1.54) is 16.7 Å². The summed E-state index contributed by atoms with van der Waals surface area (Å²) < 4.78 is 15.4. The van der Waals surface area contributed by atoms with E-state index in [0.29, 0.717) is 10.9 Å². The first-order valence-corrected chi connectivity index (χ1v) is 6.71. The highest BCUT2D eigenvalue weighted by molar-refractivity contribution is 5.88. The number of aromatic nitrogens is 2. The molecule has 0 aliphatic rings. The molecule has 3 aromatic rings. The van der Waals surface area contributed by atoms with Gasteiger partial charge in [-0.15, -0.1) is 0 Å². The summed E-state index contributed by atoms with van der Waals surface area (Å²) in [6.45, 7) is -0.191. The van der Waals surface area contributed by atoms with Crippen LogP contribution in [0.3, 0.4) is 0 Å². The van der Waals surface area contributed by atoms with E-state index in [1.54, 1.807) is 24.3 Å². The Hall–Kier alpha value is -3.22. The van der Waals surface area contributed by atoms with E-state index in [2.05, 4.69) is 4.98 Å². The molecule has 0 saturated heterocycles. The first kappa shape index (κ1) is 14.7. The maximum absolute atomic E-state index is 14.3. The van der Waals surface area contributed by atoms with Crippen LogP contribution in [0.4, 0.5) is 4.39 Å². The molecule has 7 heteroatoms. The van der Waals surface area contributed by atoms with Crippen molar-refractivity contribution in [1.29, 1.82) is 0 Å². The second-order valence-corrected chi connectivity index (χ2v) is 4.95. The lowest BCUT2D eigenvalue weighted by atomic mass is 10.1. The Bertz CT molecular complexity index is 1040. The Labute approximate surface area is 128 Å². The fourth-order valence-corrected chi connectivity index (χ4v) is 2.44. The van der Waals surface area contributed by atoms with Crippen LogP contribution in [-0.4, -0.2) is 20.6 Å². The number of hydrogen-bond donors (Lipinski definition) is 2. The zero-order valence-electron chi connectivity index (χ0n) is 11.7. The van der Waals surface area contributed by atoms with Crippen LogP contribution in [-0.2, 0) is 6.54 Å². The average molecular weight is 314 g/mol. The summed E-state index contributed by atoms with van der Waals surface area (Å²) in [6, 6.07) is 10.4. The van der Waals surface area contributed by atoms with Gasteiger partial charge in [0.05, 0.1) is 23.0 Å². The van der Waals surface area contributed by atoms with E-state index in [4.69, 9.17) is 5.11 Å². The van der Waals surface area contributed by atoms with Crippen molar-refractivity contribution in [2.75, 3.05) is 0 Å². The molecule has 0 fully saturated rings. The van der Waals surface area contributed by atoms with Crippen molar-refractivity contribution in [2.24, 2.45) is 0 Å². The van der Waals surface area contributed by atoms with Gasteiger partial charge < -0.3 is 5.11 Å².